The normalized spacial score (nSPS) is 16.1. The van der Waals surface area contributed by atoms with Crippen LogP contribution < -0.4 is 15.4 Å². The lowest BCUT2D eigenvalue weighted by Crippen LogP contribution is -2.43. The van der Waals surface area contributed by atoms with E-state index in [1.165, 1.54) is 11.1 Å². The van der Waals surface area contributed by atoms with E-state index >= 15 is 0 Å². The van der Waals surface area contributed by atoms with Crippen molar-refractivity contribution >= 4 is 5.69 Å². The lowest BCUT2D eigenvalue weighted by atomic mass is 9.99. The number of anilines is 1. The molecule has 0 radical (unpaired) electrons. The van der Waals surface area contributed by atoms with Gasteiger partial charge in [-0.05, 0) is 55.3 Å². The van der Waals surface area contributed by atoms with Gasteiger partial charge in [0.15, 0.2) is 0 Å². The second kappa shape index (κ2) is 8.76. The van der Waals surface area contributed by atoms with Crippen LogP contribution in [0.2, 0.25) is 0 Å². The number of nitrogens with zero attached hydrogens (tertiary/aromatic N) is 2. The van der Waals surface area contributed by atoms with Crippen LogP contribution in [-0.4, -0.2) is 24.2 Å². The minimum absolute atomic E-state index is 0.0394. The number of benzene rings is 2. The van der Waals surface area contributed by atoms with Crippen molar-refractivity contribution in [2.75, 3.05) is 18.4 Å². The summed E-state index contributed by atoms with van der Waals surface area (Å²) in [7, 11) is 0. The number of pyridine rings is 1. The maximum Gasteiger partial charge on any atom is 0.238 e. The van der Waals surface area contributed by atoms with Gasteiger partial charge < -0.3 is 15.4 Å². The smallest absolute Gasteiger partial charge is 0.238 e. The third kappa shape index (κ3) is 4.56. The van der Waals surface area contributed by atoms with Gasteiger partial charge in [-0.2, -0.15) is 5.26 Å². The van der Waals surface area contributed by atoms with E-state index in [1.807, 2.05) is 49.4 Å². The Balaban J connectivity index is 1.48. The van der Waals surface area contributed by atoms with Crippen molar-refractivity contribution in [3.05, 3.63) is 89.1 Å². The molecule has 5 nitrogen and oxygen atoms in total. The molecule has 5 heteroatoms. The molecule has 4 rings (SSSR count). The van der Waals surface area contributed by atoms with Gasteiger partial charge in [-0.25, -0.2) is 4.98 Å². The van der Waals surface area contributed by atoms with Crippen LogP contribution in [0.15, 0.2) is 66.7 Å². The molecule has 29 heavy (non-hydrogen) atoms. The molecule has 1 aliphatic rings. The van der Waals surface area contributed by atoms with E-state index in [1.54, 1.807) is 0 Å². The first kappa shape index (κ1) is 19.0. The molecule has 3 aromatic rings. The van der Waals surface area contributed by atoms with Crippen LogP contribution in [0, 0.1) is 18.3 Å². The Bertz CT molecular complexity index is 996. The zero-order valence-corrected chi connectivity index (χ0v) is 16.4. The first-order valence-corrected chi connectivity index (χ1v) is 9.88. The summed E-state index contributed by atoms with van der Waals surface area (Å²) in [6.45, 7) is 3.48. The summed E-state index contributed by atoms with van der Waals surface area (Å²) in [6.07, 6.45) is 0.809. The molecule has 146 valence electrons. The number of aryl methyl sites for hydroxylation is 1. The summed E-state index contributed by atoms with van der Waals surface area (Å²) >= 11 is 0. The van der Waals surface area contributed by atoms with Crippen LogP contribution in [-0.2, 0) is 6.42 Å². The highest BCUT2D eigenvalue weighted by Crippen LogP contribution is 2.31. The molecule has 1 aliphatic heterocycles. The molecule has 1 aromatic heterocycles. The SMILES string of the molecule is Cc1ccc2c(n1)O[C@H]([C@H](NCCc1ccc(C#N)cc1)c1ccccc1)CN2. The van der Waals surface area contributed by atoms with Gasteiger partial charge in [-0.1, -0.05) is 42.5 Å². The second-order valence-corrected chi connectivity index (χ2v) is 7.24. The van der Waals surface area contributed by atoms with Gasteiger partial charge in [0.05, 0.1) is 29.9 Å². The van der Waals surface area contributed by atoms with Gasteiger partial charge in [0.25, 0.3) is 0 Å². The number of nitriles is 1. The summed E-state index contributed by atoms with van der Waals surface area (Å²) in [5, 5.41) is 16.1. The number of aromatic nitrogens is 1. The molecule has 2 N–H and O–H groups in total. The number of hydrogen-bond acceptors (Lipinski definition) is 5. The Labute approximate surface area is 171 Å². The molecule has 0 saturated heterocycles. The molecule has 0 unspecified atom stereocenters. The van der Waals surface area contributed by atoms with Crippen LogP contribution >= 0.6 is 0 Å². The fourth-order valence-electron chi connectivity index (χ4n) is 3.58. The summed E-state index contributed by atoms with van der Waals surface area (Å²) in [6, 6.07) is 24.3. The Morgan fingerprint density at radius 3 is 2.69 bits per heavy atom. The van der Waals surface area contributed by atoms with Crippen LogP contribution in [0.1, 0.15) is 28.4 Å². The average molecular weight is 384 g/mol. The first-order chi connectivity index (χ1) is 14.2. The molecule has 0 amide bonds. The minimum atomic E-state index is -0.0693. The molecule has 2 heterocycles. The van der Waals surface area contributed by atoms with Crippen LogP contribution in [0.5, 0.6) is 5.88 Å². The molecular weight excluding hydrogens is 360 g/mol. The third-order valence-corrected chi connectivity index (χ3v) is 5.15. The Kier molecular flexibility index (Phi) is 5.73. The average Bonchev–Trinajstić information content (AvgIpc) is 2.77. The molecule has 2 aromatic carbocycles. The van der Waals surface area contributed by atoms with E-state index in [-0.39, 0.29) is 12.1 Å². The topological polar surface area (TPSA) is 70.0 Å². The molecule has 0 aliphatic carbocycles. The third-order valence-electron chi connectivity index (χ3n) is 5.15. The zero-order chi connectivity index (χ0) is 20.1. The van der Waals surface area contributed by atoms with Crippen molar-refractivity contribution in [1.29, 1.82) is 5.26 Å². The summed E-state index contributed by atoms with van der Waals surface area (Å²) in [5.74, 6) is 0.663. The molecule has 0 spiro atoms. The summed E-state index contributed by atoms with van der Waals surface area (Å²) in [5.41, 5.74) is 4.96. The fourth-order valence-corrected chi connectivity index (χ4v) is 3.58. The van der Waals surface area contributed by atoms with Gasteiger partial charge in [-0.15, -0.1) is 0 Å². The van der Waals surface area contributed by atoms with Crippen LogP contribution in [0.4, 0.5) is 5.69 Å². The molecule has 0 saturated carbocycles. The van der Waals surface area contributed by atoms with Crippen molar-refractivity contribution in [1.82, 2.24) is 10.3 Å². The molecular formula is C24H24N4O. The van der Waals surface area contributed by atoms with Gasteiger partial charge in [0.2, 0.25) is 5.88 Å². The lowest BCUT2D eigenvalue weighted by molar-refractivity contribution is 0.150. The quantitative estimate of drug-likeness (QED) is 0.672. The van der Waals surface area contributed by atoms with Crippen molar-refractivity contribution < 1.29 is 4.74 Å². The van der Waals surface area contributed by atoms with E-state index in [4.69, 9.17) is 10.00 Å². The van der Waals surface area contributed by atoms with Crippen molar-refractivity contribution in [3.8, 4) is 11.9 Å². The largest absolute Gasteiger partial charge is 0.469 e. The van der Waals surface area contributed by atoms with Gasteiger partial charge in [0, 0.05) is 5.69 Å². The monoisotopic (exact) mass is 384 g/mol. The highest BCUT2D eigenvalue weighted by atomic mass is 16.5. The number of nitrogens with one attached hydrogen (secondary N) is 2. The van der Waals surface area contributed by atoms with Crippen LogP contribution in [0.3, 0.4) is 0 Å². The first-order valence-electron chi connectivity index (χ1n) is 9.88. The standard InChI is InChI=1S/C24H24N4O/c1-17-7-12-21-24(28-17)29-22(16-27-21)23(20-5-3-2-4-6-20)26-14-13-18-8-10-19(15-25)11-9-18/h2-12,22-23,26-27H,13-14,16H2,1H3/t22-,23+/m0/s1. The highest BCUT2D eigenvalue weighted by Gasteiger charge is 2.29. The number of hydrogen-bond donors (Lipinski definition) is 2. The molecule has 0 bridgehead atoms. The van der Waals surface area contributed by atoms with Crippen molar-refractivity contribution in [2.24, 2.45) is 0 Å². The lowest BCUT2D eigenvalue weighted by Gasteiger charge is -2.33. The number of ether oxygens (including phenoxy) is 1. The van der Waals surface area contributed by atoms with Gasteiger partial charge >= 0.3 is 0 Å². The summed E-state index contributed by atoms with van der Waals surface area (Å²) < 4.78 is 6.29. The predicted octanol–water partition coefficient (Wildman–Crippen LogP) is 4.01. The summed E-state index contributed by atoms with van der Waals surface area (Å²) in [4.78, 5) is 4.55. The molecule has 2 atom stereocenters. The van der Waals surface area contributed by atoms with E-state index < -0.39 is 0 Å². The Hall–Kier alpha value is -3.36. The Morgan fingerprint density at radius 2 is 1.93 bits per heavy atom. The zero-order valence-electron chi connectivity index (χ0n) is 16.4. The minimum Gasteiger partial charge on any atom is -0.469 e. The second-order valence-electron chi connectivity index (χ2n) is 7.24. The van der Waals surface area contributed by atoms with E-state index in [0.717, 1.165) is 24.3 Å². The maximum absolute atomic E-state index is 8.95. The van der Waals surface area contributed by atoms with Crippen LogP contribution in [0.25, 0.3) is 0 Å². The fraction of sp³-hybridized carbons (Fsp3) is 0.250. The van der Waals surface area contributed by atoms with E-state index in [9.17, 15) is 0 Å². The number of fused-ring (bicyclic) bond motifs is 1. The Morgan fingerprint density at radius 1 is 1.14 bits per heavy atom. The predicted molar refractivity (Wildman–Crippen MR) is 114 cm³/mol. The van der Waals surface area contributed by atoms with E-state index in [2.05, 4.69) is 46.0 Å². The van der Waals surface area contributed by atoms with Crippen molar-refractivity contribution in [3.63, 3.8) is 0 Å². The van der Waals surface area contributed by atoms with E-state index in [0.29, 0.717) is 18.0 Å². The highest BCUT2D eigenvalue weighted by molar-refractivity contribution is 5.54. The number of rotatable bonds is 6. The van der Waals surface area contributed by atoms with Gasteiger partial charge in [0.1, 0.15) is 6.10 Å². The van der Waals surface area contributed by atoms with Crippen molar-refractivity contribution in [2.45, 2.75) is 25.5 Å². The maximum atomic E-state index is 8.95. The molecule has 0 fully saturated rings. The van der Waals surface area contributed by atoms with Gasteiger partial charge in [-0.3, -0.25) is 0 Å².